The minimum atomic E-state index is -4.35. The maximum Gasteiger partial charge on any atom is 0.446 e. The van der Waals surface area contributed by atoms with E-state index in [4.69, 9.17) is 4.74 Å². The average Bonchev–Trinajstić information content (AvgIpc) is 2.58. The zero-order chi connectivity index (χ0) is 18.3. The smallest absolute Gasteiger partial charge is 0.383 e. The van der Waals surface area contributed by atoms with E-state index in [1.807, 2.05) is 6.07 Å². The minimum absolute atomic E-state index is 0.0391. The van der Waals surface area contributed by atoms with Crippen molar-refractivity contribution in [3.63, 3.8) is 0 Å². The van der Waals surface area contributed by atoms with Gasteiger partial charge in [0.25, 0.3) is 5.91 Å². The number of aromatic nitrogens is 1. The van der Waals surface area contributed by atoms with Crippen molar-refractivity contribution in [2.24, 2.45) is 0 Å². The Kier molecular flexibility index (Phi) is 6.83. The molecule has 0 aliphatic heterocycles. The molecule has 1 heterocycles. The van der Waals surface area contributed by atoms with Crippen molar-refractivity contribution in [1.82, 2.24) is 9.88 Å². The summed E-state index contributed by atoms with van der Waals surface area (Å²) in [6.07, 6.45) is 1.64. The first-order valence-corrected chi connectivity index (χ1v) is 8.24. The van der Waals surface area contributed by atoms with E-state index in [0.29, 0.717) is 25.3 Å². The number of pyridine rings is 1. The van der Waals surface area contributed by atoms with Crippen LogP contribution in [0.15, 0.2) is 53.6 Å². The molecule has 2 aromatic rings. The maximum atomic E-state index is 12.7. The Morgan fingerprint density at radius 1 is 1.20 bits per heavy atom. The molecule has 1 amide bonds. The van der Waals surface area contributed by atoms with Gasteiger partial charge in [-0.1, -0.05) is 6.07 Å². The van der Waals surface area contributed by atoms with Gasteiger partial charge in [-0.15, -0.1) is 0 Å². The fourth-order valence-corrected chi connectivity index (χ4v) is 2.66. The van der Waals surface area contributed by atoms with E-state index in [1.165, 1.54) is 31.4 Å². The number of methoxy groups -OCH3 is 1. The molecule has 8 heteroatoms. The predicted molar refractivity (Wildman–Crippen MR) is 89.2 cm³/mol. The summed E-state index contributed by atoms with van der Waals surface area (Å²) < 4.78 is 42.2. The topological polar surface area (TPSA) is 42.4 Å². The van der Waals surface area contributed by atoms with Gasteiger partial charge in [-0.3, -0.25) is 9.78 Å². The molecule has 0 aliphatic rings. The molecule has 0 atom stereocenters. The number of carbonyl (C=O) groups is 1. The summed E-state index contributed by atoms with van der Waals surface area (Å²) in [5.41, 5.74) is -3.32. The van der Waals surface area contributed by atoms with Crippen LogP contribution in [0.4, 0.5) is 13.2 Å². The number of amides is 1. The van der Waals surface area contributed by atoms with E-state index in [0.717, 1.165) is 5.69 Å². The molecule has 0 bridgehead atoms. The lowest BCUT2D eigenvalue weighted by Crippen LogP contribution is -2.33. The standard InChI is InChI=1S/C17H17F3N2O2S/c1-24-11-10-22(12-14-4-2-3-9-21-14)16(23)13-5-7-15(8-6-13)25-17(18,19)20/h2-9H,10-12H2,1H3. The maximum absolute atomic E-state index is 12.7. The van der Waals surface area contributed by atoms with Gasteiger partial charge < -0.3 is 9.64 Å². The summed E-state index contributed by atoms with van der Waals surface area (Å²) in [7, 11) is 1.53. The SMILES string of the molecule is COCCN(Cc1ccccn1)C(=O)c1ccc(SC(F)(F)F)cc1. The van der Waals surface area contributed by atoms with Gasteiger partial charge in [0.2, 0.25) is 0 Å². The summed E-state index contributed by atoms with van der Waals surface area (Å²) in [5.74, 6) is -0.286. The molecule has 0 saturated heterocycles. The highest BCUT2D eigenvalue weighted by atomic mass is 32.2. The normalized spacial score (nSPS) is 11.4. The molecule has 1 aromatic heterocycles. The van der Waals surface area contributed by atoms with Gasteiger partial charge >= 0.3 is 5.51 Å². The second-order valence-electron chi connectivity index (χ2n) is 5.11. The van der Waals surface area contributed by atoms with Crippen LogP contribution in [0.5, 0.6) is 0 Å². The Morgan fingerprint density at radius 3 is 2.48 bits per heavy atom. The van der Waals surface area contributed by atoms with Gasteiger partial charge in [0.15, 0.2) is 0 Å². The predicted octanol–water partition coefficient (Wildman–Crippen LogP) is 3.98. The molecule has 2 rings (SSSR count). The van der Waals surface area contributed by atoms with Gasteiger partial charge in [0.1, 0.15) is 0 Å². The van der Waals surface area contributed by atoms with Crippen molar-refractivity contribution in [3.05, 3.63) is 59.9 Å². The molecule has 4 nitrogen and oxygen atoms in total. The van der Waals surface area contributed by atoms with Crippen molar-refractivity contribution in [2.75, 3.05) is 20.3 Å². The van der Waals surface area contributed by atoms with Crippen LogP contribution in [0, 0.1) is 0 Å². The van der Waals surface area contributed by atoms with E-state index < -0.39 is 5.51 Å². The zero-order valence-corrected chi connectivity index (χ0v) is 14.3. The van der Waals surface area contributed by atoms with Gasteiger partial charge in [0.05, 0.1) is 18.8 Å². The molecular formula is C17H17F3N2O2S. The van der Waals surface area contributed by atoms with Crippen LogP contribution in [-0.4, -0.2) is 41.6 Å². The van der Waals surface area contributed by atoms with Crippen LogP contribution < -0.4 is 0 Å². The minimum Gasteiger partial charge on any atom is -0.383 e. The van der Waals surface area contributed by atoms with Gasteiger partial charge in [0, 0.05) is 30.3 Å². The van der Waals surface area contributed by atoms with Crippen molar-refractivity contribution >= 4 is 17.7 Å². The fourth-order valence-electron chi connectivity index (χ4n) is 2.12. The van der Waals surface area contributed by atoms with Crippen LogP contribution in [0.2, 0.25) is 0 Å². The summed E-state index contributed by atoms with van der Waals surface area (Å²) in [4.78, 5) is 18.5. The van der Waals surface area contributed by atoms with E-state index in [9.17, 15) is 18.0 Å². The van der Waals surface area contributed by atoms with E-state index in [2.05, 4.69) is 4.98 Å². The Morgan fingerprint density at radius 2 is 1.92 bits per heavy atom. The number of carbonyl (C=O) groups excluding carboxylic acids is 1. The molecule has 0 unspecified atom stereocenters. The third kappa shape index (κ3) is 6.39. The summed E-state index contributed by atoms with van der Waals surface area (Å²) in [5, 5.41) is 0. The third-order valence-electron chi connectivity index (χ3n) is 3.27. The number of alkyl halides is 3. The van der Waals surface area contributed by atoms with E-state index >= 15 is 0 Å². The number of hydrogen-bond donors (Lipinski definition) is 0. The highest BCUT2D eigenvalue weighted by molar-refractivity contribution is 8.00. The number of halogens is 3. The molecule has 0 spiro atoms. The Balaban J connectivity index is 2.12. The number of ether oxygens (including phenoxy) is 1. The molecule has 134 valence electrons. The summed E-state index contributed by atoms with van der Waals surface area (Å²) in [6, 6.07) is 10.8. The quantitative estimate of drug-likeness (QED) is 0.692. The first kappa shape index (κ1) is 19.3. The van der Waals surface area contributed by atoms with Crippen molar-refractivity contribution in [3.8, 4) is 0 Å². The number of hydrogen-bond acceptors (Lipinski definition) is 4. The van der Waals surface area contributed by atoms with Crippen LogP contribution in [0.25, 0.3) is 0 Å². The number of rotatable bonds is 7. The lowest BCUT2D eigenvalue weighted by molar-refractivity contribution is -0.0328. The molecule has 0 N–H and O–H groups in total. The Labute approximate surface area is 148 Å². The molecule has 0 aliphatic carbocycles. The van der Waals surface area contributed by atoms with E-state index in [1.54, 1.807) is 23.2 Å². The Hall–Kier alpha value is -2.06. The average molecular weight is 370 g/mol. The van der Waals surface area contributed by atoms with Crippen LogP contribution >= 0.6 is 11.8 Å². The largest absolute Gasteiger partial charge is 0.446 e. The summed E-state index contributed by atoms with van der Waals surface area (Å²) in [6.45, 7) is 0.994. The van der Waals surface area contributed by atoms with Gasteiger partial charge in [-0.2, -0.15) is 13.2 Å². The second-order valence-corrected chi connectivity index (χ2v) is 6.25. The van der Waals surface area contributed by atoms with Crippen molar-refractivity contribution < 1.29 is 22.7 Å². The monoisotopic (exact) mass is 370 g/mol. The van der Waals surface area contributed by atoms with E-state index in [-0.39, 0.29) is 22.6 Å². The highest BCUT2D eigenvalue weighted by Crippen LogP contribution is 2.36. The first-order chi connectivity index (χ1) is 11.9. The van der Waals surface area contributed by atoms with Crippen molar-refractivity contribution in [2.45, 2.75) is 16.9 Å². The van der Waals surface area contributed by atoms with Crippen LogP contribution in [0.1, 0.15) is 16.1 Å². The molecule has 0 saturated carbocycles. The lowest BCUT2D eigenvalue weighted by Gasteiger charge is -2.22. The van der Waals surface area contributed by atoms with Crippen molar-refractivity contribution in [1.29, 1.82) is 0 Å². The van der Waals surface area contributed by atoms with Crippen LogP contribution in [0.3, 0.4) is 0 Å². The first-order valence-electron chi connectivity index (χ1n) is 7.43. The molecule has 1 aromatic carbocycles. The summed E-state index contributed by atoms with van der Waals surface area (Å²) >= 11 is -0.209. The Bertz CT molecular complexity index is 679. The lowest BCUT2D eigenvalue weighted by atomic mass is 10.2. The fraction of sp³-hybridized carbons (Fsp3) is 0.294. The number of nitrogens with zero attached hydrogens (tertiary/aromatic N) is 2. The molecule has 0 fully saturated rings. The third-order valence-corrected chi connectivity index (χ3v) is 4.01. The molecule has 25 heavy (non-hydrogen) atoms. The van der Waals surface area contributed by atoms with Gasteiger partial charge in [-0.05, 0) is 48.2 Å². The molecule has 0 radical (unpaired) electrons. The highest BCUT2D eigenvalue weighted by Gasteiger charge is 2.29. The number of thioether (sulfide) groups is 1. The molecular weight excluding hydrogens is 353 g/mol. The number of benzene rings is 1. The van der Waals surface area contributed by atoms with Crippen LogP contribution in [-0.2, 0) is 11.3 Å². The second kappa shape index (κ2) is 8.87. The van der Waals surface area contributed by atoms with Gasteiger partial charge in [-0.25, -0.2) is 0 Å². The zero-order valence-electron chi connectivity index (χ0n) is 13.5.